The Morgan fingerprint density at radius 1 is 1.19 bits per heavy atom. The van der Waals surface area contributed by atoms with Gasteiger partial charge >= 0.3 is 0 Å². The molecule has 1 amide bonds. The van der Waals surface area contributed by atoms with Gasteiger partial charge in [-0.15, -0.1) is 0 Å². The van der Waals surface area contributed by atoms with Gasteiger partial charge in [0.2, 0.25) is 5.91 Å². The molecular formula is C14H23NO. The van der Waals surface area contributed by atoms with Crippen molar-refractivity contribution in [3.63, 3.8) is 0 Å². The molecule has 0 heterocycles. The molecule has 0 saturated carbocycles. The highest BCUT2D eigenvalue weighted by atomic mass is 16.1. The summed E-state index contributed by atoms with van der Waals surface area (Å²) in [7, 11) is 0. The molecule has 0 fully saturated rings. The number of amides is 1. The summed E-state index contributed by atoms with van der Waals surface area (Å²) in [6.07, 6.45) is 1.18. The van der Waals surface area contributed by atoms with Gasteiger partial charge in [0.05, 0.1) is 0 Å². The van der Waals surface area contributed by atoms with Crippen molar-refractivity contribution >= 4 is 5.91 Å². The van der Waals surface area contributed by atoms with E-state index in [-0.39, 0.29) is 5.91 Å². The van der Waals surface area contributed by atoms with Crippen molar-refractivity contribution in [1.82, 2.24) is 0 Å². The standard InChI is InChI=1S/C12H17NO.C2H6/c1-9(2)11-6-3-10(4-7-11)5-8-12(13)14;1-2/h3-4,6-7,9H,5,8H2,1-2H3,(H2,13,14);1-2H3. The first-order valence-corrected chi connectivity index (χ1v) is 5.96. The number of carbonyl (C=O) groups excluding carboxylic acids is 1. The molecule has 2 nitrogen and oxygen atoms in total. The normalized spacial score (nSPS) is 9.56. The van der Waals surface area contributed by atoms with Crippen molar-refractivity contribution in [2.24, 2.45) is 5.73 Å². The van der Waals surface area contributed by atoms with Crippen LogP contribution in [0.2, 0.25) is 0 Å². The summed E-state index contributed by atoms with van der Waals surface area (Å²) in [5.74, 6) is 0.318. The molecule has 0 aliphatic heterocycles. The van der Waals surface area contributed by atoms with E-state index < -0.39 is 0 Å². The fourth-order valence-electron chi connectivity index (χ4n) is 1.34. The van der Waals surface area contributed by atoms with Crippen molar-refractivity contribution in [1.29, 1.82) is 0 Å². The summed E-state index contributed by atoms with van der Waals surface area (Å²) in [5.41, 5.74) is 7.58. The first-order valence-electron chi connectivity index (χ1n) is 5.96. The number of hydrogen-bond donors (Lipinski definition) is 1. The Kier molecular flexibility index (Phi) is 7.27. The third-order valence-electron chi connectivity index (χ3n) is 2.31. The number of hydrogen-bond acceptors (Lipinski definition) is 1. The lowest BCUT2D eigenvalue weighted by molar-refractivity contribution is -0.117. The van der Waals surface area contributed by atoms with Gasteiger partial charge < -0.3 is 5.73 Å². The zero-order chi connectivity index (χ0) is 12.6. The second-order valence-corrected chi connectivity index (χ2v) is 3.86. The minimum atomic E-state index is -0.238. The van der Waals surface area contributed by atoms with Crippen LogP contribution in [0.5, 0.6) is 0 Å². The predicted molar refractivity (Wildman–Crippen MR) is 69.4 cm³/mol. The zero-order valence-corrected chi connectivity index (χ0v) is 10.8. The van der Waals surface area contributed by atoms with E-state index in [1.54, 1.807) is 0 Å². The van der Waals surface area contributed by atoms with Crippen molar-refractivity contribution in [3.8, 4) is 0 Å². The van der Waals surface area contributed by atoms with Gasteiger partial charge in [-0.3, -0.25) is 4.79 Å². The summed E-state index contributed by atoms with van der Waals surface area (Å²) in [6.45, 7) is 8.33. The molecule has 1 rings (SSSR count). The molecule has 0 atom stereocenters. The van der Waals surface area contributed by atoms with Gasteiger partial charge in [-0.05, 0) is 23.5 Å². The van der Waals surface area contributed by atoms with E-state index in [9.17, 15) is 4.79 Å². The molecule has 0 saturated heterocycles. The van der Waals surface area contributed by atoms with Crippen molar-refractivity contribution in [2.45, 2.75) is 46.5 Å². The van der Waals surface area contributed by atoms with E-state index in [1.807, 2.05) is 13.8 Å². The third-order valence-corrected chi connectivity index (χ3v) is 2.31. The molecule has 1 aromatic rings. The van der Waals surface area contributed by atoms with E-state index in [0.717, 1.165) is 6.42 Å². The van der Waals surface area contributed by atoms with Crippen molar-refractivity contribution in [2.75, 3.05) is 0 Å². The molecule has 0 aliphatic carbocycles. The van der Waals surface area contributed by atoms with Crippen LogP contribution < -0.4 is 5.73 Å². The Labute approximate surface area is 98.9 Å². The number of primary amides is 1. The predicted octanol–water partition coefficient (Wildman–Crippen LogP) is 3.25. The number of benzene rings is 1. The number of nitrogens with two attached hydrogens (primary N) is 1. The van der Waals surface area contributed by atoms with Gasteiger partial charge in [-0.2, -0.15) is 0 Å². The maximum atomic E-state index is 10.6. The molecule has 0 aliphatic rings. The van der Waals surface area contributed by atoms with E-state index >= 15 is 0 Å². The largest absolute Gasteiger partial charge is 0.370 e. The van der Waals surface area contributed by atoms with Gasteiger partial charge in [0.25, 0.3) is 0 Å². The smallest absolute Gasteiger partial charge is 0.217 e. The summed E-state index contributed by atoms with van der Waals surface area (Å²) in [4.78, 5) is 10.6. The zero-order valence-electron chi connectivity index (χ0n) is 10.8. The topological polar surface area (TPSA) is 43.1 Å². The molecule has 0 spiro atoms. The second kappa shape index (κ2) is 7.91. The highest BCUT2D eigenvalue weighted by Crippen LogP contribution is 2.15. The lowest BCUT2D eigenvalue weighted by Crippen LogP contribution is -2.11. The Hall–Kier alpha value is -1.31. The highest BCUT2D eigenvalue weighted by Gasteiger charge is 2.00. The lowest BCUT2D eigenvalue weighted by atomic mass is 10.0. The summed E-state index contributed by atoms with van der Waals surface area (Å²) >= 11 is 0. The van der Waals surface area contributed by atoms with Gasteiger partial charge in [0.1, 0.15) is 0 Å². The van der Waals surface area contributed by atoms with Gasteiger partial charge in [-0.1, -0.05) is 52.0 Å². The Bertz CT molecular complexity index is 301. The average Bonchev–Trinajstić information content (AvgIpc) is 2.29. The molecule has 0 aromatic heterocycles. The minimum absolute atomic E-state index is 0.238. The van der Waals surface area contributed by atoms with Crippen LogP contribution in [0.15, 0.2) is 24.3 Å². The number of aryl methyl sites for hydroxylation is 1. The Balaban J connectivity index is 0.00000106. The van der Waals surface area contributed by atoms with Crippen LogP contribution in [0, 0.1) is 0 Å². The minimum Gasteiger partial charge on any atom is -0.370 e. The molecular weight excluding hydrogens is 198 g/mol. The van der Waals surface area contributed by atoms with Crippen LogP contribution in [-0.2, 0) is 11.2 Å². The van der Waals surface area contributed by atoms with E-state index in [2.05, 4.69) is 38.1 Å². The SMILES string of the molecule is CC.CC(C)c1ccc(CCC(N)=O)cc1. The van der Waals surface area contributed by atoms with Crippen LogP contribution in [0.25, 0.3) is 0 Å². The van der Waals surface area contributed by atoms with E-state index in [0.29, 0.717) is 12.3 Å². The first kappa shape index (κ1) is 14.7. The molecule has 0 radical (unpaired) electrons. The third kappa shape index (κ3) is 5.54. The van der Waals surface area contributed by atoms with Crippen molar-refractivity contribution in [3.05, 3.63) is 35.4 Å². The maximum absolute atomic E-state index is 10.6. The fraction of sp³-hybridized carbons (Fsp3) is 0.500. The van der Waals surface area contributed by atoms with Gasteiger partial charge in [0.15, 0.2) is 0 Å². The lowest BCUT2D eigenvalue weighted by Gasteiger charge is -2.06. The van der Waals surface area contributed by atoms with Crippen LogP contribution in [0.4, 0.5) is 0 Å². The number of carbonyl (C=O) groups is 1. The quantitative estimate of drug-likeness (QED) is 0.833. The van der Waals surface area contributed by atoms with Gasteiger partial charge in [0, 0.05) is 6.42 Å². The second-order valence-electron chi connectivity index (χ2n) is 3.86. The Morgan fingerprint density at radius 3 is 2.06 bits per heavy atom. The Morgan fingerprint density at radius 2 is 1.69 bits per heavy atom. The number of rotatable bonds is 4. The monoisotopic (exact) mass is 221 g/mol. The molecule has 0 unspecified atom stereocenters. The molecule has 1 aromatic carbocycles. The van der Waals surface area contributed by atoms with Crippen LogP contribution in [0.3, 0.4) is 0 Å². The summed E-state index contributed by atoms with van der Waals surface area (Å²) in [5, 5.41) is 0. The summed E-state index contributed by atoms with van der Waals surface area (Å²) in [6, 6.07) is 8.36. The fourth-order valence-corrected chi connectivity index (χ4v) is 1.34. The molecule has 16 heavy (non-hydrogen) atoms. The average molecular weight is 221 g/mol. The van der Waals surface area contributed by atoms with Crippen LogP contribution in [0.1, 0.15) is 51.2 Å². The first-order chi connectivity index (χ1) is 7.59. The highest BCUT2D eigenvalue weighted by molar-refractivity contribution is 5.73. The van der Waals surface area contributed by atoms with Crippen LogP contribution >= 0.6 is 0 Å². The van der Waals surface area contributed by atoms with E-state index in [4.69, 9.17) is 5.73 Å². The maximum Gasteiger partial charge on any atom is 0.217 e. The molecule has 2 heteroatoms. The van der Waals surface area contributed by atoms with E-state index in [1.165, 1.54) is 11.1 Å². The van der Waals surface area contributed by atoms with Crippen molar-refractivity contribution < 1.29 is 4.79 Å². The molecule has 90 valence electrons. The molecule has 0 bridgehead atoms. The summed E-state index contributed by atoms with van der Waals surface area (Å²) < 4.78 is 0. The molecule has 2 N–H and O–H groups in total. The van der Waals surface area contributed by atoms with Crippen LogP contribution in [-0.4, -0.2) is 5.91 Å². The van der Waals surface area contributed by atoms with Gasteiger partial charge in [-0.25, -0.2) is 0 Å².